The van der Waals surface area contributed by atoms with Gasteiger partial charge in [0.25, 0.3) is 0 Å². The Hall–Kier alpha value is -1.31. The number of fused-ring (bicyclic) bond motifs is 3. The molecular formula is C13H14O2. The molecule has 15 heavy (non-hydrogen) atoms. The molecule has 1 aromatic carbocycles. The van der Waals surface area contributed by atoms with Crippen molar-refractivity contribution in [3.63, 3.8) is 0 Å². The van der Waals surface area contributed by atoms with Gasteiger partial charge in [-0.1, -0.05) is 6.07 Å². The monoisotopic (exact) mass is 202 g/mol. The molecule has 0 unspecified atom stereocenters. The zero-order valence-electron chi connectivity index (χ0n) is 8.93. The third-order valence-corrected chi connectivity index (χ3v) is 3.53. The minimum absolute atomic E-state index is 0.105. The van der Waals surface area contributed by atoms with Gasteiger partial charge in [-0.2, -0.15) is 0 Å². The molecule has 0 bridgehead atoms. The molecule has 2 nitrogen and oxygen atoms in total. The number of cyclic esters (lactones) is 1. The van der Waals surface area contributed by atoms with Gasteiger partial charge >= 0.3 is 5.97 Å². The summed E-state index contributed by atoms with van der Waals surface area (Å²) in [4.78, 5) is 11.7. The number of ether oxygens (including phenoxy) is 1. The van der Waals surface area contributed by atoms with Crippen molar-refractivity contribution >= 4 is 5.97 Å². The number of rotatable bonds is 0. The Morgan fingerprint density at radius 1 is 1.20 bits per heavy atom. The molecule has 0 atom stereocenters. The van der Waals surface area contributed by atoms with E-state index in [1.807, 2.05) is 0 Å². The molecule has 0 saturated heterocycles. The summed E-state index contributed by atoms with van der Waals surface area (Å²) in [5.41, 5.74) is 5.88. The molecule has 0 amide bonds. The highest BCUT2D eigenvalue weighted by Crippen LogP contribution is 2.33. The van der Waals surface area contributed by atoms with Crippen molar-refractivity contribution in [2.24, 2.45) is 0 Å². The van der Waals surface area contributed by atoms with Gasteiger partial charge in [0.05, 0.1) is 5.56 Å². The minimum atomic E-state index is -0.105. The number of aryl methyl sites for hydroxylation is 2. The average molecular weight is 202 g/mol. The molecule has 1 heterocycles. The first-order valence-corrected chi connectivity index (χ1v) is 5.58. The summed E-state index contributed by atoms with van der Waals surface area (Å²) >= 11 is 0. The van der Waals surface area contributed by atoms with Gasteiger partial charge in [-0.05, 0) is 49.3 Å². The van der Waals surface area contributed by atoms with Crippen LogP contribution in [-0.2, 0) is 24.2 Å². The SMILES string of the molecule is Cc1cc2c(c3c1COC3=O)CCCC2. The second-order valence-electron chi connectivity index (χ2n) is 4.47. The summed E-state index contributed by atoms with van der Waals surface area (Å²) in [7, 11) is 0. The maximum absolute atomic E-state index is 11.7. The number of hydrogen-bond donors (Lipinski definition) is 0. The van der Waals surface area contributed by atoms with Crippen LogP contribution >= 0.6 is 0 Å². The second kappa shape index (κ2) is 3.09. The number of benzene rings is 1. The Kier molecular flexibility index (Phi) is 1.84. The van der Waals surface area contributed by atoms with Crippen LogP contribution < -0.4 is 0 Å². The molecule has 3 rings (SSSR count). The quantitative estimate of drug-likeness (QED) is 0.604. The Labute approximate surface area is 89.2 Å². The van der Waals surface area contributed by atoms with Gasteiger partial charge in [-0.3, -0.25) is 0 Å². The molecule has 0 aromatic heterocycles. The summed E-state index contributed by atoms with van der Waals surface area (Å²) in [5.74, 6) is -0.105. The lowest BCUT2D eigenvalue weighted by Gasteiger charge is -2.18. The molecule has 1 aromatic rings. The zero-order chi connectivity index (χ0) is 10.4. The standard InChI is InChI=1S/C13H14O2/c1-8-6-9-4-2-3-5-10(9)12-11(8)7-15-13(12)14/h6H,2-5,7H2,1H3. The summed E-state index contributed by atoms with van der Waals surface area (Å²) in [6.45, 7) is 2.56. The summed E-state index contributed by atoms with van der Waals surface area (Å²) in [6, 6.07) is 2.25. The van der Waals surface area contributed by atoms with Gasteiger partial charge < -0.3 is 4.74 Å². The predicted octanol–water partition coefficient (Wildman–Crippen LogP) is 2.54. The first kappa shape index (κ1) is 8.96. The molecule has 0 radical (unpaired) electrons. The highest BCUT2D eigenvalue weighted by Gasteiger charge is 2.29. The van der Waals surface area contributed by atoms with E-state index in [1.54, 1.807) is 0 Å². The smallest absolute Gasteiger partial charge is 0.339 e. The van der Waals surface area contributed by atoms with Crippen LogP contribution in [0, 0.1) is 6.92 Å². The largest absolute Gasteiger partial charge is 0.457 e. The molecule has 0 fully saturated rings. The maximum Gasteiger partial charge on any atom is 0.339 e. The van der Waals surface area contributed by atoms with E-state index in [2.05, 4.69) is 13.0 Å². The van der Waals surface area contributed by atoms with Crippen LogP contribution in [0.2, 0.25) is 0 Å². The van der Waals surface area contributed by atoms with Gasteiger partial charge in [-0.25, -0.2) is 4.79 Å². The fourth-order valence-electron chi connectivity index (χ4n) is 2.74. The van der Waals surface area contributed by atoms with E-state index in [0.29, 0.717) is 6.61 Å². The van der Waals surface area contributed by atoms with Crippen molar-refractivity contribution in [2.75, 3.05) is 0 Å². The minimum Gasteiger partial charge on any atom is -0.457 e. The van der Waals surface area contributed by atoms with Crippen molar-refractivity contribution in [3.05, 3.63) is 33.9 Å². The molecule has 0 N–H and O–H groups in total. The normalized spacial score (nSPS) is 18.3. The highest BCUT2D eigenvalue weighted by atomic mass is 16.5. The van der Waals surface area contributed by atoms with Gasteiger partial charge in [-0.15, -0.1) is 0 Å². The fourth-order valence-corrected chi connectivity index (χ4v) is 2.74. The van der Waals surface area contributed by atoms with Crippen molar-refractivity contribution < 1.29 is 9.53 Å². The van der Waals surface area contributed by atoms with Crippen molar-refractivity contribution in [2.45, 2.75) is 39.2 Å². The van der Waals surface area contributed by atoms with Crippen LogP contribution in [0.1, 0.15) is 45.5 Å². The first-order chi connectivity index (χ1) is 7.27. The lowest BCUT2D eigenvalue weighted by molar-refractivity contribution is 0.0534. The van der Waals surface area contributed by atoms with Gasteiger partial charge in [0.15, 0.2) is 0 Å². The van der Waals surface area contributed by atoms with Crippen LogP contribution in [0.4, 0.5) is 0 Å². The third-order valence-electron chi connectivity index (χ3n) is 3.53. The molecule has 78 valence electrons. The third kappa shape index (κ3) is 1.21. The highest BCUT2D eigenvalue weighted by molar-refractivity contribution is 5.96. The van der Waals surface area contributed by atoms with E-state index in [4.69, 9.17) is 4.74 Å². The maximum atomic E-state index is 11.7. The molecular weight excluding hydrogens is 188 g/mol. The average Bonchev–Trinajstić information content (AvgIpc) is 2.62. The van der Waals surface area contributed by atoms with Gasteiger partial charge in [0, 0.05) is 5.56 Å². The first-order valence-electron chi connectivity index (χ1n) is 5.58. The number of hydrogen-bond acceptors (Lipinski definition) is 2. The van der Waals surface area contributed by atoms with Crippen molar-refractivity contribution in [1.82, 2.24) is 0 Å². The Morgan fingerprint density at radius 3 is 2.87 bits per heavy atom. The Morgan fingerprint density at radius 2 is 2.00 bits per heavy atom. The number of esters is 1. The van der Waals surface area contributed by atoms with E-state index < -0.39 is 0 Å². The van der Waals surface area contributed by atoms with E-state index in [-0.39, 0.29) is 5.97 Å². The molecule has 0 saturated carbocycles. The van der Waals surface area contributed by atoms with Crippen LogP contribution in [0.15, 0.2) is 6.07 Å². The van der Waals surface area contributed by atoms with E-state index in [9.17, 15) is 4.79 Å². The van der Waals surface area contributed by atoms with Crippen LogP contribution in [0.3, 0.4) is 0 Å². The summed E-state index contributed by atoms with van der Waals surface area (Å²) < 4.78 is 5.13. The van der Waals surface area contributed by atoms with Crippen LogP contribution in [-0.4, -0.2) is 5.97 Å². The molecule has 2 heteroatoms. The fraction of sp³-hybridized carbons (Fsp3) is 0.462. The van der Waals surface area contributed by atoms with Gasteiger partial charge in [0.2, 0.25) is 0 Å². The second-order valence-corrected chi connectivity index (χ2v) is 4.47. The Bertz CT molecular complexity index is 446. The van der Waals surface area contributed by atoms with Gasteiger partial charge in [0.1, 0.15) is 6.61 Å². The molecule has 1 aliphatic heterocycles. The topological polar surface area (TPSA) is 26.3 Å². The summed E-state index contributed by atoms with van der Waals surface area (Å²) in [6.07, 6.45) is 4.62. The van der Waals surface area contributed by atoms with Crippen molar-refractivity contribution in [1.29, 1.82) is 0 Å². The molecule has 1 aliphatic carbocycles. The Balaban J connectivity index is 2.28. The van der Waals surface area contributed by atoms with Crippen LogP contribution in [0.25, 0.3) is 0 Å². The van der Waals surface area contributed by atoms with E-state index >= 15 is 0 Å². The van der Waals surface area contributed by atoms with E-state index in [0.717, 1.165) is 24.0 Å². The zero-order valence-corrected chi connectivity index (χ0v) is 8.93. The van der Waals surface area contributed by atoms with Crippen molar-refractivity contribution in [3.8, 4) is 0 Å². The molecule has 2 aliphatic rings. The predicted molar refractivity (Wildman–Crippen MR) is 56.9 cm³/mol. The lowest BCUT2D eigenvalue weighted by atomic mass is 9.85. The van der Waals surface area contributed by atoms with E-state index in [1.165, 1.54) is 29.5 Å². The molecule has 0 spiro atoms. The number of carbonyl (C=O) groups excluding carboxylic acids is 1. The number of carbonyl (C=O) groups is 1. The lowest BCUT2D eigenvalue weighted by Crippen LogP contribution is -2.10. The van der Waals surface area contributed by atoms with Crippen LogP contribution in [0.5, 0.6) is 0 Å². The summed E-state index contributed by atoms with van der Waals surface area (Å²) in [5, 5.41) is 0.